The van der Waals surface area contributed by atoms with Crippen LogP contribution in [-0.2, 0) is 27.5 Å². The zero-order valence-electron chi connectivity index (χ0n) is 26.0. The van der Waals surface area contributed by atoms with Crippen LogP contribution in [0.4, 0.5) is 17.6 Å². The number of thiophene rings is 4. The van der Waals surface area contributed by atoms with Crippen molar-refractivity contribution in [2.24, 2.45) is 0 Å². The molecule has 0 fully saturated rings. The summed E-state index contributed by atoms with van der Waals surface area (Å²) < 4.78 is 55.7. The molecule has 4 heterocycles. The zero-order chi connectivity index (χ0) is 36.7. The topological polar surface area (TPSA) is 0 Å². The van der Waals surface area contributed by atoms with Gasteiger partial charge in [0.15, 0.2) is 5.13 Å². The van der Waals surface area contributed by atoms with Crippen LogP contribution in [0.25, 0.3) is 40.3 Å². The Morgan fingerprint density at radius 2 is 1.18 bits per heavy atom. The normalized spacial score (nSPS) is 11.3. The summed E-state index contributed by atoms with van der Waals surface area (Å²) in [5.74, 6) is 0. The lowest BCUT2D eigenvalue weighted by Gasteiger charge is -2.04. The van der Waals surface area contributed by atoms with Gasteiger partial charge in [-0.3, -0.25) is 0 Å². The monoisotopic (exact) mass is 1060 g/mol. The molecular weight excluding hydrogens is 1040 g/mol. The molecule has 14 heteroatoms. The second kappa shape index (κ2) is 19.0. The third-order valence-electron chi connectivity index (χ3n) is 7.42. The van der Waals surface area contributed by atoms with Crippen LogP contribution in [0.2, 0.25) is 9.36 Å². The molecule has 0 atom stereocenters. The lowest BCUT2D eigenvalue weighted by Crippen LogP contribution is -2.03. The van der Waals surface area contributed by atoms with Gasteiger partial charge in [0.2, 0.25) is 0 Å². The SMILES string of the molecule is Clc1cc2c(CBr)cccc2s1.Clc1csc2cccc(CBr)c12.FC(F)(F)c1csc2c(CBr)cccc12.Fc1cc2cccc(CBr)c2s1. The Morgan fingerprint density at radius 1 is 0.588 bits per heavy atom. The smallest absolute Gasteiger partial charge is 0.195 e. The quantitative estimate of drug-likeness (QED) is 0.122. The Kier molecular flexibility index (Phi) is 15.3. The first kappa shape index (κ1) is 41.1. The highest BCUT2D eigenvalue weighted by Gasteiger charge is 2.33. The molecule has 0 unspecified atom stereocenters. The average Bonchev–Trinajstić information content (AvgIpc) is 3.92. The van der Waals surface area contributed by atoms with E-state index in [0.29, 0.717) is 15.4 Å². The summed E-state index contributed by atoms with van der Waals surface area (Å²) >= 11 is 31.2. The highest BCUT2D eigenvalue weighted by atomic mass is 79.9. The van der Waals surface area contributed by atoms with E-state index in [-0.39, 0.29) is 5.13 Å². The van der Waals surface area contributed by atoms with Crippen LogP contribution in [0.3, 0.4) is 0 Å². The van der Waals surface area contributed by atoms with Gasteiger partial charge in [-0.2, -0.15) is 17.6 Å². The maximum atomic E-state index is 12.8. The molecule has 8 rings (SSSR count). The Balaban J connectivity index is 0.000000132. The third kappa shape index (κ3) is 10.2. The van der Waals surface area contributed by atoms with Crippen molar-refractivity contribution >= 4 is 173 Å². The van der Waals surface area contributed by atoms with Crippen molar-refractivity contribution < 1.29 is 17.6 Å². The van der Waals surface area contributed by atoms with E-state index in [2.05, 4.69) is 100 Å². The number of alkyl halides is 7. The maximum Gasteiger partial charge on any atom is 0.417 e. The molecule has 8 aromatic rings. The highest BCUT2D eigenvalue weighted by Crippen LogP contribution is 2.40. The summed E-state index contributed by atoms with van der Waals surface area (Å²) in [5, 5.41) is 10.8. The fourth-order valence-electron chi connectivity index (χ4n) is 5.08. The molecule has 0 N–H and O–H groups in total. The lowest BCUT2D eigenvalue weighted by atomic mass is 10.1. The summed E-state index contributed by atoms with van der Waals surface area (Å²) in [5.41, 5.74) is 4.08. The van der Waals surface area contributed by atoms with E-state index in [4.69, 9.17) is 23.2 Å². The highest BCUT2D eigenvalue weighted by molar-refractivity contribution is 9.09. The minimum atomic E-state index is -4.26. The first-order valence-electron chi connectivity index (χ1n) is 14.8. The first-order valence-corrected chi connectivity index (χ1v) is 23.4. The van der Waals surface area contributed by atoms with Crippen LogP contribution >= 0.6 is 132 Å². The van der Waals surface area contributed by atoms with Crippen molar-refractivity contribution in [1.29, 1.82) is 0 Å². The van der Waals surface area contributed by atoms with Crippen molar-refractivity contribution in [3.05, 3.63) is 138 Å². The number of rotatable bonds is 4. The van der Waals surface area contributed by atoms with Gasteiger partial charge in [-0.1, -0.05) is 148 Å². The third-order valence-corrected chi connectivity index (χ3v) is 14.5. The van der Waals surface area contributed by atoms with Crippen LogP contribution in [0.15, 0.2) is 95.7 Å². The summed E-state index contributed by atoms with van der Waals surface area (Å²) in [4.78, 5) is 0. The number of halogens is 10. The molecule has 0 spiro atoms. The predicted molar refractivity (Wildman–Crippen MR) is 233 cm³/mol. The molecule has 0 radical (unpaired) electrons. The Hall–Kier alpha value is -1.06. The van der Waals surface area contributed by atoms with Crippen LogP contribution < -0.4 is 0 Å². The van der Waals surface area contributed by atoms with Crippen LogP contribution in [-0.4, -0.2) is 0 Å². The molecule has 0 bridgehead atoms. The molecule has 0 aliphatic carbocycles. The summed E-state index contributed by atoms with van der Waals surface area (Å²) in [6.45, 7) is 0. The van der Waals surface area contributed by atoms with Crippen molar-refractivity contribution in [2.45, 2.75) is 27.5 Å². The van der Waals surface area contributed by atoms with Gasteiger partial charge in [0.25, 0.3) is 0 Å². The van der Waals surface area contributed by atoms with Gasteiger partial charge in [0.1, 0.15) is 0 Å². The summed E-state index contributed by atoms with van der Waals surface area (Å²) in [7, 11) is 0. The second-order valence-electron chi connectivity index (χ2n) is 10.6. The summed E-state index contributed by atoms with van der Waals surface area (Å²) in [6, 6.07) is 27.0. The largest absolute Gasteiger partial charge is 0.417 e. The van der Waals surface area contributed by atoms with Gasteiger partial charge >= 0.3 is 6.18 Å². The van der Waals surface area contributed by atoms with Crippen molar-refractivity contribution in [3.8, 4) is 0 Å². The van der Waals surface area contributed by atoms with E-state index < -0.39 is 11.7 Å². The number of benzene rings is 4. The van der Waals surface area contributed by atoms with Gasteiger partial charge in [-0.25, -0.2) is 0 Å². The van der Waals surface area contributed by atoms with Crippen LogP contribution in [0.1, 0.15) is 27.8 Å². The maximum absolute atomic E-state index is 12.8. The van der Waals surface area contributed by atoms with Gasteiger partial charge < -0.3 is 0 Å². The molecule has 266 valence electrons. The predicted octanol–water partition coefficient (Wildman–Crippen LogP) is 17.6. The van der Waals surface area contributed by atoms with Crippen molar-refractivity contribution in [3.63, 3.8) is 0 Å². The van der Waals surface area contributed by atoms with Gasteiger partial charge in [0, 0.05) is 61.7 Å². The average molecular weight is 1060 g/mol. The fourth-order valence-corrected chi connectivity index (χ4v) is 11.8. The Labute approximate surface area is 351 Å². The molecule has 0 saturated carbocycles. The van der Waals surface area contributed by atoms with E-state index in [1.54, 1.807) is 34.8 Å². The van der Waals surface area contributed by atoms with E-state index in [9.17, 15) is 17.6 Å². The first-order chi connectivity index (χ1) is 24.5. The molecule has 0 aliphatic rings. The number of hydrogen-bond acceptors (Lipinski definition) is 4. The van der Waals surface area contributed by atoms with Gasteiger partial charge in [0.05, 0.1) is 14.9 Å². The number of hydrogen-bond donors (Lipinski definition) is 0. The van der Waals surface area contributed by atoms with Gasteiger partial charge in [-0.15, -0.1) is 45.3 Å². The lowest BCUT2D eigenvalue weighted by molar-refractivity contribution is -0.136. The molecule has 51 heavy (non-hydrogen) atoms. The second-order valence-corrected chi connectivity index (χ2v) is 17.8. The number of fused-ring (bicyclic) bond motifs is 4. The zero-order valence-corrected chi connectivity index (χ0v) is 37.1. The van der Waals surface area contributed by atoms with E-state index >= 15 is 0 Å². The van der Waals surface area contributed by atoms with Crippen LogP contribution in [0.5, 0.6) is 0 Å². The molecule has 0 aliphatic heterocycles. The molecule has 4 aromatic heterocycles. The minimum absolute atomic E-state index is 0.113. The standard InChI is InChI=1S/C10H6BrF3S.2C9H6BrClS.C9H6BrFS/c11-4-6-2-1-3-7-8(10(12,13)14)5-15-9(6)7;10-5-6-2-1-3-8-7(6)4-9(11)12-8;10-4-6-2-1-3-8-9(6)7(11)5-12-8;10-5-7-3-1-2-6-4-8(11)12-9(6)7/h1-3,5H,4H2;1-4H,5H2;1-3,5H,4H2;1-4H,5H2. The molecule has 0 saturated heterocycles. The molecule has 0 nitrogen and oxygen atoms in total. The Morgan fingerprint density at radius 3 is 1.84 bits per heavy atom. The van der Waals surface area contributed by atoms with Gasteiger partial charge in [-0.05, 0) is 57.3 Å². The van der Waals surface area contributed by atoms with Crippen molar-refractivity contribution in [1.82, 2.24) is 0 Å². The van der Waals surface area contributed by atoms with E-state index in [1.807, 2.05) is 35.7 Å². The summed E-state index contributed by atoms with van der Waals surface area (Å²) in [6.07, 6.45) is -4.26. The molecular formula is C37H24Br4Cl2F4S4. The van der Waals surface area contributed by atoms with Crippen molar-refractivity contribution in [2.75, 3.05) is 0 Å². The Bertz CT molecular complexity index is 2290. The molecule has 4 aromatic carbocycles. The molecule has 0 amide bonds. The fraction of sp³-hybridized carbons (Fsp3) is 0.135. The van der Waals surface area contributed by atoms with E-state index in [1.165, 1.54) is 54.1 Å². The minimum Gasteiger partial charge on any atom is -0.195 e. The van der Waals surface area contributed by atoms with E-state index in [0.717, 1.165) is 57.9 Å². The van der Waals surface area contributed by atoms with Crippen LogP contribution in [0, 0.1) is 5.13 Å².